The van der Waals surface area contributed by atoms with Gasteiger partial charge in [0.2, 0.25) is 5.91 Å². The van der Waals surface area contributed by atoms with E-state index in [0.717, 1.165) is 19.3 Å². The summed E-state index contributed by atoms with van der Waals surface area (Å²) in [5, 5.41) is 9.61. The molecule has 0 radical (unpaired) electrons. The van der Waals surface area contributed by atoms with Gasteiger partial charge in [0.25, 0.3) is 5.91 Å². The maximum absolute atomic E-state index is 13.1. The van der Waals surface area contributed by atoms with Crippen molar-refractivity contribution in [2.45, 2.75) is 43.9 Å². The molecule has 1 spiro atoms. The largest absolute Gasteiger partial charge is 0.480 e. The number of benzene rings is 1. The lowest BCUT2D eigenvalue weighted by Crippen LogP contribution is -2.59. The Labute approximate surface area is 157 Å². The lowest BCUT2D eigenvalue weighted by Gasteiger charge is -2.45. The number of likely N-dealkylation sites (tertiary alicyclic amines) is 1. The molecule has 0 bridgehead atoms. The Morgan fingerprint density at radius 1 is 1.07 bits per heavy atom. The van der Waals surface area contributed by atoms with Gasteiger partial charge in [-0.05, 0) is 25.0 Å². The molecule has 1 aliphatic carbocycles. The molecule has 1 atom stereocenters. The van der Waals surface area contributed by atoms with Crippen molar-refractivity contribution in [1.82, 2.24) is 9.80 Å². The third-order valence-electron chi connectivity index (χ3n) is 6.10. The SMILES string of the molecule is O=C(O)C1COC2(CCN(C(=O)C3CCC3)CC2)N1C(=O)c1ccccc1. The average Bonchev–Trinajstić information content (AvgIpc) is 3.00. The number of rotatable bonds is 3. The number of amides is 2. The molecular formula is C20H24N2O5. The molecule has 1 saturated carbocycles. The van der Waals surface area contributed by atoms with Crippen LogP contribution in [0.25, 0.3) is 0 Å². The highest BCUT2D eigenvalue weighted by atomic mass is 16.5. The van der Waals surface area contributed by atoms with Crippen LogP contribution in [0, 0.1) is 5.92 Å². The molecule has 1 aromatic carbocycles. The number of nitrogens with zero attached hydrogens (tertiary/aromatic N) is 2. The molecule has 2 amide bonds. The van der Waals surface area contributed by atoms with Crippen LogP contribution in [0.15, 0.2) is 30.3 Å². The number of piperidine rings is 1. The summed E-state index contributed by atoms with van der Waals surface area (Å²) in [5.41, 5.74) is -0.506. The van der Waals surface area contributed by atoms with Gasteiger partial charge < -0.3 is 14.7 Å². The Balaban J connectivity index is 1.54. The Morgan fingerprint density at radius 2 is 1.74 bits per heavy atom. The summed E-state index contributed by atoms with van der Waals surface area (Å²) in [6, 6.07) is 7.68. The first-order valence-corrected chi connectivity index (χ1v) is 9.56. The van der Waals surface area contributed by atoms with Crippen molar-refractivity contribution in [3.05, 3.63) is 35.9 Å². The lowest BCUT2D eigenvalue weighted by molar-refractivity contribution is -0.151. The maximum Gasteiger partial charge on any atom is 0.328 e. The quantitative estimate of drug-likeness (QED) is 0.873. The molecule has 7 heteroatoms. The second kappa shape index (κ2) is 6.96. The van der Waals surface area contributed by atoms with Crippen LogP contribution < -0.4 is 0 Å². The number of hydrogen-bond acceptors (Lipinski definition) is 4. The highest BCUT2D eigenvalue weighted by Crippen LogP contribution is 2.39. The van der Waals surface area contributed by atoms with Crippen LogP contribution in [0.2, 0.25) is 0 Å². The molecule has 2 saturated heterocycles. The van der Waals surface area contributed by atoms with Gasteiger partial charge in [0.15, 0.2) is 6.04 Å². The molecule has 1 N–H and O–H groups in total. The standard InChI is InChI=1S/C20H24N2O5/c23-17(14-7-4-8-14)21-11-9-20(10-12-21)22(16(13-27-20)19(25)26)18(24)15-5-2-1-3-6-15/h1-3,5-6,14,16H,4,7-13H2,(H,25,26). The van der Waals surface area contributed by atoms with E-state index in [4.69, 9.17) is 4.74 Å². The second-order valence-electron chi connectivity index (χ2n) is 7.61. The van der Waals surface area contributed by atoms with Crippen LogP contribution in [-0.4, -0.2) is 64.2 Å². The van der Waals surface area contributed by atoms with Crippen molar-refractivity contribution in [1.29, 1.82) is 0 Å². The number of carboxylic acids is 1. The molecule has 3 fully saturated rings. The first-order chi connectivity index (χ1) is 13.0. The fourth-order valence-electron chi connectivity index (χ4n) is 4.27. The van der Waals surface area contributed by atoms with E-state index < -0.39 is 17.7 Å². The highest BCUT2D eigenvalue weighted by Gasteiger charge is 2.54. The molecule has 1 aromatic rings. The van der Waals surface area contributed by atoms with Crippen molar-refractivity contribution in [3.8, 4) is 0 Å². The summed E-state index contributed by atoms with van der Waals surface area (Å²) in [4.78, 5) is 40.6. The van der Waals surface area contributed by atoms with E-state index in [1.54, 1.807) is 24.3 Å². The van der Waals surface area contributed by atoms with Crippen LogP contribution in [0.4, 0.5) is 0 Å². The van der Waals surface area contributed by atoms with Crippen LogP contribution in [-0.2, 0) is 14.3 Å². The van der Waals surface area contributed by atoms with Gasteiger partial charge in [-0.25, -0.2) is 4.79 Å². The second-order valence-corrected chi connectivity index (χ2v) is 7.61. The number of carbonyl (C=O) groups excluding carboxylic acids is 2. The van der Waals surface area contributed by atoms with Crippen molar-refractivity contribution >= 4 is 17.8 Å². The van der Waals surface area contributed by atoms with Crippen LogP contribution >= 0.6 is 0 Å². The Kier molecular flexibility index (Phi) is 4.63. The molecule has 144 valence electrons. The predicted molar refractivity (Wildman–Crippen MR) is 95.9 cm³/mol. The zero-order chi connectivity index (χ0) is 19.0. The Bertz CT molecular complexity index is 738. The summed E-state index contributed by atoms with van der Waals surface area (Å²) in [6.45, 7) is 0.949. The van der Waals surface area contributed by atoms with Crippen molar-refractivity contribution in [3.63, 3.8) is 0 Å². The third-order valence-corrected chi connectivity index (χ3v) is 6.10. The molecule has 0 aromatic heterocycles. The van der Waals surface area contributed by atoms with Gasteiger partial charge in [-0.15, -0.1) is 0 Å². The monoisotopic (exact) mass is 372 g/mol. The highest BCUT2D eigenvalue weighted by molar-refractivity contribution is 5.97. The van der Waals surface area contributed by atoms with Crippen LogP contribution in [0.3, 0.4) is 0 Å². The molecule has 1 unspecified atom stereocenters. The maximum atomic E-state index is 13.1. The van der Waals surface area contributed by atoms with Crippen molar-refractivity contribution < 1.29 is 24.2 Å². The van der Waals surface area contributed by atoms with Crippen LogP contribution in [0.5, 0.6) is 0 Å². The Morgan fingerprint density at radius 3 is 2.30 bits per heavy atom. The molecule has 2 heterocycles. The number of carboxylic acid groups (broad SMARTS) is 1. The summed E-state index contributed by atoms with van der Waals surface area (Å²) >= 11 is 0. The zero-order valence-electron chi connectivity index (χ0n) is 15.2. The van der Waals surface area contributed by atoms with Gasteiger partial charge in [0.1, 0.15) is 5.72 Å². The Hall–Kier alpha value is -2.41. The molecular weight excluding hydrogens is 348 g/mol. The smallest absolute Gasteiger partial charge is 0.328 e. The molecule has 27 heavy (non-hydrogen) atoms. The predicted octanol–water partition coefficient (Wildman–Crippen LogP) is 1.73. The van der Waals surface area contributed by atoms with Gasteiger partial charge in [0.05, 0.1) is 6.61 Å². The molecule has 3 aliphatic rings. The number of aliphatic carboxylic acids is 1. The molecule has 7 nitrogen and oxygen atoms in total. The summed E-state index contributed by atoms with van der Waals surface area (Å²) in [5.74, 6) is -1.08. The molecule has 4 rings (SSSR count). The van der Waals surface area contributed by atoms with Crippen LogP contribution in [0.1, 0.15) is 42.5 Å². The first-order valence-electron chi connectivity index (χ1n) is 9.56. The van der Waals surface area contributed by atoms with E-state index in [9.17, 15) is 19.5 Å². The third kappa shape index (κ3) is 3.10. The number of hydrogen-bond donors (Lipinski definition) is 1. The van der Waals surface area contributed by atoms with Crippen molar-refractivity contribution in [2.24, 2.45) is 5.92 Å². The van der Waals surface area contributed by atoms with E-state index in [1.165, 1.54) is 4.90 Å². The zero-order valence-corrected chi connectivity index (χ0v) is 15.2. The first kappa shape index (κ1) is 18.0. The minimum Gasteiger partial charge on any atom is -0.480 e. The van der Waals surface area contributed by atoms with E-state index in [-0.39, 0.29) is 24.3 Å². The minimum atomic E-state index is -1.07. The average molecular weight is 372 g/mol. The van der Waals surface area contributed by atoms with Gasteiger partial charge in [-0.2, -0.15) is 0 Å². The van der Waals surface area contributed by atoms with Crippen molar-refractivity contribution in [2.75, 3.05) is 19.7 Å². The van der Waals surface area contributed by atoms with Gasteiger partial charge in [-0.1, -0.05) is 24.6 Å². The number of carbonyl (C=O) groups is 3. The van der Waals surface area contributed by atoms with Gasteiger partial charge in [-0.3, -0.25) is 14.5 Å². The van der Waals surface area contributed by atoms with E-state index in [1.807, 2.05) is 11.0 Å². The summed E-state index contributed by atoms with van der Waals surface area (Å²) < 4.78 is 5.93. The number of ether oxygens (including phenoxy) is 1. The fraction of sp³-hybridized carbons (Fsp3) is 0.550. The fourth-order valence-corrected chi connectivity index (χ4v) is 4.27. The van der Waals surface area contributed by atoms with E-state index in [0.29, 0.717) is 31.5 Å². The van der Waals surface area contributed by atoms with Gasteiger partial charge >= 0.3 is 5.97 Å². The molecule has 2 aliphatic heterocycles. The normalized spacial score (nSPS) is 24.7. The van der Waals surface area contributed by atoms with E-state index >= 15 is 0 Å². The van der Waals surface area contributed by atoms with Gasteiger partial charge in [0, 0.05) is 37.4 Å². The lowest BCUT2D eigenvalue weighted by atomic mass is 9.83. The van der Waals surface area contributed by atoms with E-state index in [2.05, 4.69) is 0 Å². The minimum absolute atomic E-state index is 0.0233. The summed E-state index contributed by atoms with van der Waals surface area (Å²) in [7, 11) is 0. The topological polar surface area (TPSA) is 87.2 Å². The summed E-state index contributed by atoms with van der Waals surface area (Å²) in [6.07, 6.45) is 3.89.